The number of aromatic nitrogens is 3. The molecule has 2 aromatic heterocycles. The number of rotatable bonds is 4. The van der Waals surface area contributed by atoms with Gasteiger partial charge in [-0.25, -0.2) is 15.0 Å². The Morgan fingerprint density at radius 3 is 2.95 bits per heavy atom. The summed E-state index contributed by atoms with van der Waals surface area (Å²) in [4.78, 5) is 12.9. The zero-order valence-corrected chi connectivity index (χ0v) is 11.5. The molecule has 0 radical (unpaired) electrons. The van der Waals surface area contributed by atoms with Crippen molar-refractivity contribution in [1.82, 2.24) is 15.0 Å². The fourth-order valence-corrected chi connectivity index (χ4v) is 2.80. The highest BCUT2D eigenvalue weighted by Gasteiger charge is 2.29. The van der Waals surface area contributed by atoms with Gasteiger partial charge in [-0.3, -0.25) is 0 Å². The molecule has 0 aliphatic heterocycles. The molecular formula is C13H16N4OS. The first kappa shape index (κ1) is 12.5. The molecule has 0 aromatic carbocycles. The number of anilines is 1. The Balaban J connectivity index is 1.63. The van der Waals surface area contributed by atoms with Crippen LogP contribution in [-0.4, -0.2) is 26.2 Å². The van der Waals surface area contributed by atoms with Crippen LogP contribution in [0.3, 0.4) is 0 Å². The first-order valence-corrected chi connectivity index (χ1v) is 7.23. The van der Waals surface area contributed by atoms with Gasteiger partial charge in [-0.1, -0.05) is 0 Å². The van der Waals surface area contributed by atoms with Crippen molar-refractivity contribution >= 4 is 17.2 Å². The normalized spacial score (nSPS) is 22.0. The molecule has 1 fully saturated rings. The Morgan fingerprint density at radius 2 is 2.26 bits per heavy atom. The van der Waals surface area contributed by atoms with E-state index in [1.807, 2.05) is 18.4 Å². The van der Waals surface area contributed by atoms with Crippen LogP contribution >= 0.6 is 11.3 Å². The van der Waals surface area contributed by atoms with Crippen LogP contribution in [0.4, 0.5) is 5.82 Å². The molecule has 1 saturated carbocycles. The van der Waals surface area contributed by atoms with Crippen molar-refractivity contribution in [3.63, 3.8) is 0 Å². The lowest BCUT2D eigenvalue weighted by molar-refractivity contribution is 0.0732. The number of thiazole rings is 1. The van der Waals surface area contributed by atoms with Gasteiger partial charge in [-0.2, -0.15) is 0 Å². The topological polar surface area (TPSA) is 70.9 Å². The van der Waals surface area contributed by atoms with Gasteiger partial charge >= 0.3 is 0 Å². The average molecular weight is 276 g/mol. The van der Waals surface area contributed by atoms with E-state index in [0.29, 0.717) is 12.5 Å². The lowest BCUT2D eigenvalue weighted by atomic mass is 9.80. The summed E-state index contributed by atoms with van der Waals surface area (Å²) < 4.78 is 0. The standard InChI is InChI=1S/C13H16N4OS/c1-8-17-10(6-19-8)5-14-13-4-12(15-7-16-13)9-2-11(18)3-9/h4,6-7,9,11,18H,2-3,5H2,1H3,(H,14,15,16). The van der Waals surface area contributed by atoms with Gasteiger partial charge in [-0.15, -0.1) is 11.3 Å². The van der Waals surface area contributed by atoms with Crippen molar-refractivity contribution in [1.29, 1.82) is 0 Å². The zero-order chi connectivity index (χ0) is 13.2. The van der Waals surface area contributed by atoms with E-state index in [9.17, 15) is 5.11 Å². The lowest BCUT2D eigenvalue weighted by Gasteiger charge is -2.30. The maximum atomic E-state index is 9.34. The molecule has 0 unspecified atom stereocenters. The highest BCUT2D eigenvalue weighted by molar-refractivity contribution is 7.09. The third-order valence-electron chi connectivity index (χ3n) is 3.34. The summed E-state index contributed by atoms with van der Waals surface area (Å²) in [7, 11) is 0. The summed E-state index contributed by atoms with van der Waals surface area (Å²) >= 11 is 1.65. The van der Waals surface area contributed by atoms with Gasteiger partial charge in [0.05, 0.1) is 23.4 Å². The van der Waals surface area contributed by atoms with Gasteiger partial charge in [0.1, 0.15) is 12.1 Å². The molecule has 0 amide bonds. The molecule has 3 rings (SSSR count). The summed E-state index contributed by atoms with van der Waals surface area (Å²) in [6.07, 6.45) is 3.03. The Bertz CT molecular complexity index is 565. The van der Waals surface area contributed by atoms with Crippen LogP contribution in [0.5, 0.6) is 0 Å². The fourth-order valence-electron chi connectivity index (χ4n) is 2.19. The second-order valence-corrected chi connectivity index (χ2v) is 5.92. The minimum absolute atomic E-state index is 0.158. The maximum absolute atomic E-state index is 9.34. The molecule has 1 aliphatic carbocycles. The molecular weight excluding hydrogens is 260 g/mol. The summed E-state index contributed by atoms with van der Waals surface area (Å²) in [5, 5.41) is 15.7. The predicted octanol–water partition coefficient (Wildman–Crippen LogP) is 2.09. The Hall–Kier alpha value is -1.53. The van der Waals surface area contributed by atoms with Crippen LogP contribution in [0.15, 0.2) is 17.8 Å². The molecule has 2 heterocycles. The van der Waals surface area contributed by atoms with Gasteiger partial charge in [0.25, 0.3) is 0 Å². The minimum atomic E-state index is -0.158. The molecule has 0 saturated heterocycles. The van der Waals surface area contributed by atoms with Crippen molar-refractivity contribution in [2.75, 3.05) is 5.32 Å². The monoisotopic (exact) mass is 276 g/mol. The van der Waals surface area contributed by atoms with Crippen LogP contribution in [0.1, 0.15) is 35.2 Å². The molecule has 2 aromatic rings. The largest absolute Gasteiger partial charge is 0.393 e. The number of aryl methyl sites for hydroxylation is 1. The van der Waals surface area contributed by atoms with E-state index in [2.05, 4.69) is 20.3 Å². The lowest BCUT2D eigenvalue weighted by Crippen LogP contribution is -2.27. The van der Waals surface area contributed by atoms with Crippen molar-refractivity contribution in [2.24, 2.45) is 0 Å². The summed E-state index contributed by atoms with van der Waals surface area (Å²) in [5.41, 5.74) is 2.04. The second kappa shape index (κ2) is 5.22. The van der Waals surface area contributed by atoms with Gasteiger partial charge in [0, 0.05) is 23.1 Å². The van der Waals surface area contributed by atoms with Crippen LogP contribution < -0.4 is 5.32 Å². The van der Waals surface area contributed by atoms with E-state index < -0.39 is 0 Å². The van der Waals surface area contributed by atoms with Crippen LogP contribution in [0, 0.1) is 6.92 Å². The second-order valence-electron chi connectivity index (χ2n) is 4.86. The number of hydrogen-bond acceptors (Lipinski definition) is 6. The highest BCUT2D eigenvalue weighted by Crippen LogP contribution is 2.35. The van der Waals surface area contributed by atoms with E-state index in [0.717, 1.165) is 35.1 Å². The zero-order valence-electron chi connectivity index (χ0n) is 10.7. The van der Waals surface area contributed by atoms with Crippen molar-refractivity contribution in [3.05, 3.63) is 34.2 Å². The SMILES string of the molecule is Cc1nc(CNc2cc(C3CC(O)C3)ncn2)cs1. The van der Waals surface area contributed by atoms with E-state index in [-0.39, 0.29) is 6.10 Å². The maximum Gasteiger partial charge on any atom is 0.129 e. The number of hydrogen-bond donors (Lipinski definition) is 2. The molecule has 19 heavy (non-hydrogen) atoms. The summed E-state index contributed by atoms with van der Waals surface area (Å²) in [5.74, 6) is 1.19. The van der Waals surface area contributed by atoms with Gasteiger partial charge in [0.2, 0.25) is 0 Å². The number of aliphatic hydroxyl groups is 1. The Kier molecular flexibility index (Phi) is 3.44. The smallest absolute Gasteiger partial charge is 0.129 e. The third kappa shape index (κ3) is 2.90. The molecule has 2 N–H and O–H groups in total. The van der Waals surface area contributed by atoms with Crippen molar-refractivity contribution in [3.8, 4) is 0 Å². The van der Waals surface area contributed by atoms with Crippen LogP contribution in [-0.2, 0) is 6.54 Å². The van der Waals surface area contributed by atoms with Gasteiger partial charge in [0.15, 0.2) is 0 Å². The number of nitrogens with zero attached hydrogens (tertiary/aromatic N) is 3. The molecule has 0 spiro atoms. The molecule has 0 atom stereocenters. The van der Waals surface area contributed by atoms with Gasteiger partial charge in [-0.05, 0) is 19.8 Å². The van der Waals surface area contributed by atoms with Crippen molar-refractivity contribution in [2.45, 2.75) is 38.3 Å². The van der Waals surface area contributed by atoms with E-state index in [1.165, 1.54) is 0 Å². The van der Waals surface area contributed by atoms with E-state index in [4.69, 9.17) is 0 Å². The predicted molar refractivity (Wildman–Crippen MR) is 74.2 cm³/mol. The minimum Gasteiger partial charge on any atom is -0.393 e. The van der Waals surface area contributed by atoms with Gasteiger partial charge < -0.3 is 10.4 Å². The average Bonchev–Trinajstić information content (AvgIpc) is 2.79. The van der Waals surface area contributed by atoms with Crippen LogP contribution in [0.2, 0.25) is 0 Å². The first-order valence-electron chi connectivity index (χ1n) is 6.35. The highest BCUT2D eigenvalue weighted by atomic mass is 32.1. The molecule has 100 valence electrons. The van der Waals surface area contributed by atoms with E-state index >= 15 is 0 Å². The molecule has 5 nitrogen and oxygen atoms in total. The fraction of sp³-hybridized carbons (Fsp3) is 0.462. The summed E-state index contributed by atoms with van der Waals surface area (Å²) in [6.45, 7) is 2.67. The van der Waals surface area contributed by atoms with Crippen LogP contribution in [0.25, 0.3) is 0 Å². The quantitative estimate of drug-likeness (QED) is 0.894. The Morgan fingerprint density at radius 1 is 1.42 bits per heavy atom. The third-order valence-corrected chi connectivity index (χ3v) is 4.16. The number of nitrogens with one attached hydrogen (secondary N) is 1. The molecule has 0 bridgehead atoms. The van der Waals surface area contributed by atoms with E-state index in [1.54, 1.807) is 17.7 Å². The Labute approximate surface area is 115 Å². The first-order chi connectivity index (χ1) is 9.20. The molecule has 1 aliphatic rings. The number of aliphatic hydroxyl groups excluding tert-OH is 1. The summed E-state index contributed by atoms with van der Waals surface area (Å²) in [6, 6.07) is 1.97. The van der Waals surface area contributed by atoms with Crippen molar-refractivity contribution < 1.29 is 5.11 Å². The molecule has 6 heteroatoms.